The average molecular weight is 384 g/mol. The Morgan fingerprint density at radius 2 is 1.89 bits per heavy atom. The lowest BCUT2D eigenvalue weighted by molar-refractivity contribution is 0.0169. The maximum Gasteiger partial charge on any atom is 0.191 e. The fourth-order valence-electron chi connectivity index (χ4n) is 3.35. The minimum Gasteiger partial charge on any atom is -0.379 e. The van der Waals surface area contributed by atoms with Crippen molar-refractivity contribution in [2.45, 2.75) is 19.5 Å². The highest BCUT2D eigenvalue weighted by molar-refractivity contribution is 5.79. The van der Waals surface area contributed by atoms with Crippen molar-refractivity contribution < 1.29 is 9.13 Å². The number of guanidine groups is 1. The molecule has 0 aliphatic carbocycles. The Labute approximate surface area is 166 Å². The molecule has 0 bridgehead atoms. The number of benzene rings is 2. The van der Waals surface area contributed by atoms with Crippen LogP contribution in [0, 0.1) is 5.82 Å². The van der Waals surface area contributed by atoms with E-state index >= 15 is 0 Å². The van der Waals surface area contributed by atoms with Crippen LogP contribution in [0.25, 0.3) is 0 Å². The van der Waals surface area contributed by atoms with Crippen molar-refractivity contribution in [2.24, 2.45) is 4.99 Å². The van der Waals surface area contributed by atoms with E-state index in [1.807, 2.05) is 31.2 Å². The van der Waals surface area contributed by atoms with Gasteiger partial charge < -0.3 is 15.4 Å². The number of rotatable bonds is 7. The fourth-order valence-corrected chi connectivity index (χ4v) is 3.35. The van der Waals surface area contributed by atoms with E-state index in [0.29, 0.717) is 26.3 Å². The van der Waals surface area contributed by atoms with Crippen molar-refractivity contribution in [1.29, 1.82) is 0 Å². The van der Waals surface area contributed by atoms with Gasteiger partial charge in [-0.05, 0) is 30.2 Å². The van der Waals surface area contributed by atoms with Gasteiger partial charge in [0.05, 0.1) is 25.8 Å². The quantitative estimate of drug-likeness (QED) is 0.569. The topological polar surface area (TPSA) is 48.9 Å². The summed E-state index contributed by atoms with van der Waals surface area (Å²) >= 11 is 0. The Morgan fingerprint density at radius 1 is 1.11 bits per heavy atom. The molecule has 1 atom stereocenters. The van der Waals surface area contributed by atoms with E-state index in [-0.39, 0.29) is 11.9 Å². The van der Waals surface area contributed by atoms with Crippen LogP contribution < -0.4 is 10.6 Å². The summed E-state index contributed by atoms with van der Waals surface area (Å²) in [7, 11) is 0. The van der Waals surface area contributed by atoms with Gasteiger partial charge in [-0.2, -0.15) is 0 Å². The van der Waals surface area contributed by atoms with E-state index in [0.717, 1.165) is 36.7 Å². The van der Waals surface area contributed by atoms with E-state index < -0.39 is 0 Å². The van der Waals surface area contributed by atoms with Crippen molar-refractivity contribution in [3.05, 3.63) is 71.5 Å². The molecule has 2 aromatic carbocycles. The molecule has 0 amide bonds. The molecule has 2 N–H and O–H groups in total. The summed E-state index contributed by atoms with van der Waals surface area (Å²) in [5.41, 5.74) is 2.13. The molecule has 1 saturated heterocycles. The van der Waals surface area contributed by atoms with Gasteiger partial charge in [-0.1, -0.05) is 42.5 Å². The highest BCUT2D eigenvalue weighted by Crippen LogP contribution is 2.22. The SMILES string of the molecule is CCNC(=NCc1ccccc1)NCC(c1cccc(F)c1)N1CCOCC1. The summed E-state index contributed by atoms with van der Waals surface area (Å²) in [6, 6.07) is 17.1. The van der Waals surface area contributed by atoms with Gasteiger partial charge in [-0.25, -0.2) is 9.38 Å². The van der Waals surface area contributed by atoms with Gasteiger partial charge in [-0.15, -0.1) is 0 Å². The largest absolute Gasteiger partial charge is 0.379 e. The number of hydrogen-bond donors (Lipinski definition) is 2. The van der Waals surface area contributed by atoms with E-state index in [2.05, 4.69) is 32.7 Å². The van der Waals surface area contributed by atoms with Gasteiger partial charge in [0.25, 0.3) is 0 Å². The van der Waals surface area contributed by atoms with Gasteiger partial charge in [-0.3, -0.25) is 4.90 Å². The number of ether oxygens (including phenoxy) is 1. The summed E-state index contributed by atoms with van der Waals surface area (Å²) in [5, 5.41) is 6.74. The van der Waals surface area contributed by atoms with Crippen molar-refractivity contribution >= 4 is 5.96 Å². The standard InChI is InChI=1S/C22H29FN4O/c1-2-24-22(25-16-18-7-4-3-5-8-18)26-17-21(27-11-13-28-14-12-27)19-9-6-10-20(23)15-19/h3-10,15,21H,2,11-14,16-17H2,1H3,(H2,24,25,26). The van der Waals surface area contributed by atoms with Crippen LogP contribution >= 0.6 is 0 Å². The summed E-state index contributed by atoms with van der Waals surface area (Å²) in [6.07, 6.45) is 0. The van der Waals surface area contributed by atoms with Crippen molar-refractivity contribution in [2.75, 3.05) is 39.4 Å². The van der Waals surface area contributed by atoms with Crippen molar-refractivity contribution in [3.8, 4) is 0 Å². The molecule has 2 aromatic rings. The Kier molecular flexibility index (Phi) is 7.82. The summed E-state index contributed by atoms with van der Waals surface area (Å²) in [6.45, 7) is 7.15. The number of halogens is 1. The summed E-state index contributed by atoms with van der Waals surface area (Å²) in [4.78, 5) is 7.03. The third-order valence-electron chi connectivity index (χ3n) is 4.79. The highest BCUT2D eigenvalue weighted by Gasteiger charge is 2.23. The Hall–Kier alpha value is -2.44. The molecule has 0 saturated carbocycles. The molecule has 1 heterocycles. The molecule has 5 nitrogen and oxygen atoms in total. The molecular formula is C22H29FN4O. The van der Waals surface area contributed by atoms with Gasteiger partial charge in [0.1, 0.15) is 5.82 Å². The molecule has 6 heteroatoms. The normalized spacial score (nSPS) is 16.6. The predicted molar refractivity (Wildman–Crippen MR) is 111 cm³/mol. The van der Waals surface area contributed by atoms with E-state index in [4.69, 9.17) is 4.74 Å². The van der Waals surface area contributed by atoms with Crippen LogP contribution in [0.5, 0.6) is 0 Å². The average Bonchev–Trinajstić information content (AvgIpc) is 2.74. The molecule has 1 unspecified atom stereocenters. The van der Waals surface area contributed by atoms with Crippen molar-refractivity contribution in [3.63, 3.8) is 0 Å². The predicted octanol–water partition coefficient (Wildman–Crippen LogP) is 2.95. The maximum atomic E-state index is 13.8. The van der Waals surface area contributed by atoms with E-state index in [1.165, 1.54) is 6.07 Å². The van der Waals surface area contributed by atoms with Crippen LogP contribution in [0.1, 0.15) is 24.1 Å². The fraction of sp³-hybridized carbons (Fsp3) is 0.409. The molecule has 150 valence electrons. The van der Waals surface area contributed by atoms with Crippen LogP contribution in [-0.2, 0) is 11.3 Å². The number of hydrogen-bond acceptors (Lipinski definition) is 3. The van der Waals surface area contributed by atoms with Gasteiger partial charge in [0.15, 0.2) is 5.96 Å². The molecule has 0 radical (unpaired) electrons. The number of nitrogens with one attached hydrogen (secondary N) is 2. The van der Waals surface area contributed by atoms with Gasteiger partial charge >= 0.3 is 0 Å². The lowest BCUT2D eigenvalue weighted by Gasteiger charge is -2.35. The maximum absolute atomic E-state index is 13.8. The molecule has 0 aromatic heterocycles. The molecular weight excluding hydrogens is 355 g/mol. The molecule has 3 rings (SSSR count). The first-order valence-corrected chi connectivity index (χ1v) is 9.89. The molecule has 0 spiro atoms. The van der Waals surface area contributed by atoms with E-state index in [9.17, 15) is 4.39 Å². The van der Waals surface area contributed by atoms with Crippen LogP contribution in [-0.4, -0.2) is 50.3 Å². The first-order chi connectivity index (χ1) is 13.8. The Bertz CT molecular complexity index is 747. The second kappa shape index (κ2) is 10.8. The smallest absolute Gasteiger partial charge is 0.191 e. The number of morpholine rings is 1. The zero-order chi connectivity index (χ0) is 19.6. The van der Waals surface area contributed by atoms with Gasteiger partial charge in [0.2, 0.25) is 0 Å². The molecule has 1 fully saturated rings. The lowest BCUT2D eigenvalue weighted by atomic mass is 10.0. The molecule has 1 aliphatic heterocycles. The minimum atomic E-state index is -0.208. The first kappa shape index (κ1) is 20.3. The number of nitrogens with zero attached hydrogens (tertiary/aromatic N) is 2. The van der Waals surface area contributed by atoms with Crippen molar-refractivity contribution in [1.82, 2.24) is 15.5 Å². The Morgan fingerprint density at radius 3 is 2.61 bits per heavy atom. The second-order valence-electron chi connectivity index (χ2n) is 6.78. The van der Waals surface area contributed by atoms with Crippen LogP contribution in [0.15, 0.2) is 59.6 Å². The lowest BCUT2D eigenvalue weighted by Crippen LogP contribution is -2.46. The van der Waals surface area contributed by atoms with Crippen LogP contribution in [0.2, 0.25) is 0 Å². The molecule has 1 aliphatic rings. The third-order valence-corrected chi connectivity index (χ3v) is 4.79. The van der Waals surface area contributed by atoms with Gasteiger partial charge in [0, 0.05) is 26.2 Å². The minimum absolute atomic E-state index is 0.0557. The second-order valence-corrected chi connectivity index (χ2v) is 6.78. The zero-order valence-corrected chi connectivity index (χ0v) is 16.4. The Balaban J connectivity index is 1.70. The highest BCUT2D eigenvalue weighted by atomic mass is 19.1. The van der Waals surface area contributed by atoms with Crippen LogP contribution in [0.3, 0.4) is 0 Å². The summed E-state index contributed by atoms with van der Waals surface area (Å²) < 4.78 is 19.3. The zero-order valence-electron chi connectivity index (χ0n) is 16.4. The third kappa shape index (κ3) is 6.04. The van der Waals surface area contributed by atoms with Crippen LogP contribution in [0.4, 0.5) is 4.39 Å². The number of aliphatic imine (C=N–C) groups is 1. The summed E-state index contributed by atoms with van der Waals surface area (Å²) in [5.74, 6) is 0.557. The van der Waals surface area contributed by atoms with E-state index in [1.54, 1.807) is 12.1 Å². The first-order valence-electron chi connectivity index (χ1n) is 9.89. The molecule has 28 heavy (non-hydrogen) atoms. The monoisotopic (exact) mass is 384 g/mol.